The molecular weight excluding hydrogens is 749 g/mol. The second kappa shape index (κ2) is 22.5. The second-order valence-corrected chi connectivity index (χ2v) is 15.8. The lowest BCUT2D eigenvalue weighted by Gasteiger charge is -2.36. The zero-order valence-corrected chi connectivity index (χ0v) is 33.5. The maximum Gasteiger partial charge on any atom is 0.326 e. The number of carboxylic acids is 1. The Labute approximate surface area is 333 Å². The van der Waals surface area contributed by atoms with Crippen molar-refractivity contribution in [3.05, 3.63) is 59.7 Å². The number of alkyl halides is 2. The number of hydrogen-bond acceptors (Lipinski definition) is 8. The first-order chi connectivity index (χ1) is 26.1. The minimum Gasteiger partial charge on any atom is -0.508 e. The van der Waals surface area contributed by atoms with E-state index in [9.17, 15) is 39.3 Å². The molecule has 6 atom stereocenters. The minimum absolute atomic E-state index is 0.0177. The number of likely N-dealkylation sites (N-methyl/N-ethyl adjacent to an activating group) is 1. The van der Waals surface area contributed by atoms with Crippen LogP contribution in [-0.4, -0.2) is 103 Å². The summed E-state index contributed by atoms with van der Waals surface area (Å²) >= 11 is 11.6. The van der Waals surface area contributed by atoms with E-state index < -0.39 is 65.7 Å². The van der Waals surface area contributed by atoms with Crippen LogP contribution in [0.3, 0.4) is 0 Å². The molecule has 15 heteroatoms. The van der Waals surface area contributed by atoms with Crippen molar-refractivity contribution >= 4 is 52.8 Å². The van der Waals surface area contributed by atoms with Gasteiger partial charge < -0.3 is 41.5 Å². The molecule has 1 aliphatic rings. The average Bonchev–Trinajstić information content (AvgIpc) is 3.65. The van der Waals surface area contributed by atoms with E-state index in [2.05, 4.69) is 10.6 Å². The van der Waals surface area contributed by atoms with Gasteiger partial charge in [0.25, 0.3) is 0 Å². The SMILES string of the molecule is CCC(C)C(NC(=O)C(Cc1ccc(O)cc1)NC(=O)CC(N)CCCCCCC(Cl)Cl)C(=O)N(C)C(Cc1ccc(O)cc1)C(=O)N1CCCC1C(=O)O. The molecule has 0 aromatic heterocycles. The van der Waals surface area contributed by atoms with Crippen LogP contribution < -0.4 is 16.4 Å². The molecule has 0 bridgehead atoms. The Morgan fingerprint density at radius 1 is 0.891 bits per heavy atom. The van der Waals surface area contributed by atoms with Crippen LogP contribution in [0.2, 0.25) is 0 Å². The van der Waals surface area contributed by atoms with Crippen LogP contribution in [-0.2, 0) is 36.8 Å². The third-order valence-electron chi connectivity index (χ3n) is 10.3. The molecule has 2 aromatic rings. The molecular formula is C40H57Cl2N5O8. The molecule has 1 heterocycles. The summed E-state index contributed by atoms with van der Waals surface area (Å²) in [6.45, 7) is 3.88. The van der Waals surface area contributed by atoms with Crippen LogP contribution in [0.5, 0.6) is 11.5 Å². The van der Waals surface area contributed by atoms with Gasteiger partial charge in [-0.1, -0.05) is 70.2 Å². The number of nitrogens with one attached hydrogen (secondary N) is 2. The van der Waals surface area contributed by atoms with Crippen molar-refractivity contribution < 1.29 is 39.3 Å². The molecule has 3 rings (SSSR count). The summed E-state index contributed by atoms with van der Waals surface area (Å²) in [7, 11) is 1.46. The first kappa shape index (κ1) is 45.3. The number of carbonyl (C=O) groups excluding carboxylic acids is 4. The van der Waals surface area contributed by atoms with Gasteiger partial charge >= 0.3 is 5.97 Å². The Kier molecular flexibility index (Phi) is 18.5. The fraction of sp³-hybridized carbons (Fsp3) is 0.575. The monoisotopic (exact) mass is 805 g/mol. The molecule has 2 aromatic carbocycles. The summed E-state index contributed by atoms with van der Waals surface area (Å²) < 4.78 is 0. The summed E-state index contributed by atoms with van der Waals surface area (Å²) in [6, 6.07) is 7.61. The highest BCUT2D eigenvalue weighted by molar-refractivity contribution is 6.44. The lowest BCUT2D eigenvalue weighted by Crippen LogP contribution is -2.60. The summed E-state index contributed by atoms with van der Waals surface area (Å²) in [5, 5.41) is 35.2. The molecule has 0 aliphatic carbocycles. The lowest BCUT2D eigenvalue weighted by atomic mass is 9.95. The van der Waals surface area contributed by atoms with Crippen molar-refractivity contribution in [3.63, 3.8) is 0 Å². The molecule has 1 saturated heterocycles. The third-order valence-corrected chi connectivity index (χ3v) is 10.7. The number of likely N-dealkylation sites (tertiary alicyclic amines) is 1. The quantitative estimate of drug-likeness (QED) is 0.0723. The van der Waals surface area contributed by atoms with Gasteiger partial charge in [-0.3, -0.25) is 19.2 Å². The zero-order chi connectivity index (χ0) is 40.7. The van der Waals surface area contributed by atoms with Gasteiger partial charge in [-0.25, -0.2) is 4.79 Å². The van der Waals surface area contributed by atoms with Crippen LogP contribution in [0.15, 0.2) is 48.5 Å². The first-order valence-corrected chi connectivity index (χ1v) is 20.0. The number of amides is 4. The fourth-order valence-corrected chi connectivity index (χ4v) is 7.07. The maximum absolute atomic E-state index is 14.4. The van der Waals surface area contributed by atoms with Gasteiger partial charge in [0.15, 0.2) is 0 Å². The van der Waals surface area contributed by atoms with Gasteiger partial charge in [0.1, 0.15) is 40.5 Å². The Hall–Kier alpha value is -4.07. The number of rotatable bonds is 22. The highest BCUT2D eigenvalue weighted by Crippen LogP contribution is 2.24. The van der Waals surface area contributed by atoms with E-state index in [-0.39, 0.29) is 42.1 Å². The molecule has 304 valence electrons. The number of aromatic hydroxyl groups is 2. The molecule has 0 spiro atoms. The van der Waals surface area contributed by atoms with Gasteiger partial charge in [0.2, 0.25) is 23.6 Å². The highest BCUT2D eigenvalue weighted by Gasteiger charge is 2.41. The normalized spacial score (nSPS) is 16.9. The van der Waals surface area contributed by atoms with Crippen LogP contribution >= 0.6 is 23.2 Å². The van der Waals surface area contributed by atoms with Crippen molar-refractivity contribution in [2.75, 3.05) is 13.6 Å². The molecule has 6 unspecified atom stereocenters. The molecule has 1 aliphatic heterocycles. The minimum atomic E-state index is -1.13. The number of carbonyl (C=O) groups is 5. The Morgan fingerprint density at radius 2 is 1.45 bits per heavy atom. The molecule has 55 heavy (non-hydrogen) atoms. The Bertz CT molecular complexity index is 1560. The summed E-state index contributed by atoms with van der Waals surface area (Å²) in [5.74, 6) is -3.61. The number of aliphatic carboxylic acids is 1. The molecule has 0 saturated carbocycles. The number of phenolic OH excluding ortho intramolecular Hbond substituents is 2. The van der Waals surface area contributed by atoms with E-state index in [1.54, 1.807) is 31.2 Å². The van der Waals surface area contributed by atoms with E-state index >= 15 is 0 Å². The molecule has 4 amide bonds. The first-order valence-electron chi connectivity index (χ1n) is 19.1. The van der Waals surface area contributed by atoms with Crippen molar-refractivity contribution in [1.29, 1.82) is 0 Å². The van der Waals surface area contributed by atoms with E-state index in [1.807, 2.05) is 6.92 Å². The van der Waals surface area contributed by atoms with Crippen molar-refractivity contribution in [2.45, 2.75) is 126 Å². The Balaban J connectivity index is 1.82. The smallest absolute Gasteiger partial charge is 0.326 e. The van der Waals surface area contributed by atoms with Crippen molar-refractivity contribution in [1.82, 2.24) is 20.4 Å². The Morgan fingerprint density at radius 3 is 2.00 bits per heavy atom. The van der Waals surface area contributed by atoms with Gasteiger partial charge in [-0.2, -0.15) is 0 Å². The lowest BCUT2D eigenvalue weighted by molar-refractivity contribution is -0.153. The maximum atomic E-state index is 14.4. The number of hydrogen-bond donors (Lipinski definition) is 6. The summed E-state index contributed by atoms with van der Waals surface area (Å²) in [5.41, 5.74) is 7.59. The highest BCUT2D eigenvalue weighted by atomic mass is 35.5. The molecule has 7 N–H and O–H groups in total. The number of nitrogens with zero attached hydrogens (tertiary/aromatic N) is 2. The van der Waals surface area contributed by atoms with E-state index in [0.717, 1.165) is 25.7 Å². The van der Waals surface area contributed by atoms with Crippen molar-refractivity contribution in [2.24, 2.45) is 11.7 Å². The van der Waals surface area contributed by atoms with Crippen LogP contribution in [0.25, 0.3) is 0 Å². The average molecular weight is 807 g/mol. The van der Waals surface area contributed by atoms with Crippen LogP contribution in [0.1, 0.15) is 89.2 Å². The number of unbranched alkanes of at least 4 members (excludes halogenated alkanes) is 3. The number of carboxylic acid groups (broad SMARTS) is 1. The predicted octanol–water partition coefficient (Wildman–Crippen LogP) is 4.66. The van der Waals surface area contributed by atoms with Gasteiger partial charge in [-0.15, -0.1) is 23.2 Å². The molecule has 1 fully saturated rings. The fourth-order valence-electron chi connectivity index (χ4n) is 6.76. The number of phenols is 2. The molecule has 13 nitrogen and oxygen atoms in total. The largest absolute Gasteiger partial charge is 0.508 e. The number of halogens is 2. The van der Waals surface area contributed by atoms with E-state index in [4.69, 9.17) is 28.9 Å². The third kappa shape index (κ3) is 14.5. The van der Waals surface area contributed by atoms with Crippen molar-refractivity contribution in [3.8, 4) is 11.5 Å². The van der Waals surface area contributed by atoms with Gasteiger partial charge in [0.05, 0.1) is 0 Å². The summed E-state index contributed by atoms with van der Waals surface area (Å²) in [6.07, 6.45) is 6.25. The molecule has 0 radical (unpaired) electrons. The van der Waals surface area contributed by atoms with E-state index in [0.29, 0.717) is 43.2 Å². The second-order valence-electron chi connectivity index (χ2n) is 14.6. The van der Waals surface area contributed by atoms with Gasteiger partial charge in [-0.05, 0) is 67.0 Å². The standard InChI is InChI=1S/C40H57Cl2N5O8/c1-4-25(2)36(39(53)46(3)33(23-27-15-19-30(49)20-16-27)38(52)47-21-9-11-32(47)40(54)55)45-37(51)31(22-26-13-17-29(48)18-14-26)44-35(50)24-28(43)10-7-5-6-8-12-34(41)42/h13-20,25,28,31-34,36,48-49H,4-12,21-24,43H2,1-3H3,(H,44,50)(H,45,51)(H,54,55). The topological polar surface area (TPSA) is 203 Å². The van der Waals surface area contributed by atoms with Crippen LogP contribution in [0.4, 0.5) is 0 Å². The predicted molar refractivity (Wildman–Crippen MR) is 212 cm³/mol. The summed E-state index contributed by atoms with van der Waals surface area (Å²) in [4.78, 5) is 70.1. The van der Waals surface area contributed by atoms with Gasteiger partial charge in [0, 0.05) is 38.9 Å². The zero-order valence-electron chi connectivity index (χ0n) is 32.0. The number of benzene rings is 2. The van der Waals surface area contributed by atoms with Crippen LogP contribution in [0, 0.1) is 5.92 Å². The number of nitrogens with two attached hydrogens (primary N) is 1. The van der Waals surface area contributed by atoms with E-state index in [1.165, 1.54) is 41.1 Å².